The first-order valence-electron chi connectivity index (χ1n) is 7.56. The molecule has 2 atom stereocenters. The van der Waals surface area contributed by atoms with Crippen LogP contribution in [0.25, 0.3) is 0 Å². The van der Waals surface area contributed by atoms with Crippen molar-refractivity contribution < 1.29 is 4.42 Å². The summed E-state index contributed by atoms with van der Waals surface area (Å²) < 4.78 is 5.64. The van der Waals surface area contributed by atoms with Crippen LogP contribution in [0.15, 0.2) is 22.8 Å². The molecule has 1 fully saturated rings. The van der Waals surface area contributed by atoms with Gasteiger partial charge < -0.3 is 10.2 Å². The zero-order valence-corrected chi connectivity index (χ0v) is 12.6. The molecule has 1 saturated heterocycles. The van der Waals surface area contributed by atoms with Crippen LogP contribution in [0.2, 0.25) is 0 Å². The third kappa shape index (κ3) is 3.61. The maximum atomic E-state index is 6.36. The molecule has 2 N–H and O–H groups in total. The Hall–Kier alpha value is -0.800. The largest absolute Gasteiger partial charge is 0.468 e. The number of likely N-dealkylation sites (tertiary alicyclic amines) is 1. The highest BCUT2D eigenvalue weighted by Gasteiger charge is 2.31. The lowest BCUT2D eigenvalue weighted by molar-refractivity contribution is 0.148. The molecule has 19 heavy (non-hydrogen) atoms. The molecule has 3 heteroatoms. The van der Waals surface area contributed by atoms with Crippen molar-refractivity contribution in [3.8, 4) is 0 Å². The van der Waals surface area contributed by atoms with Gasteiger partial charge >= 0.3 is 0 Å². The second-order valence-corrected chi connectivity index (χ2v) is 6.59. The summed E-state index contributed by atoms with van der Waals surface area (Å²) in [4.78, 5) is 2.53. The molecule has 2 unspecified atom stereocenters. The monoisotopic (exact) mass is 264 g/mol. The van der Waals surface area contributed by atoms with Gasteiger partial charge in [-0.1, -0.05) is 20.8 Å². The van der Waals surface area contributed by atoms with Crippen molar-refractivity contribution in [1.29, 1.82) is 0 Å². The van der Waals surface area contributed by atoms with Crippen LogP contribution < -0.4 is 5.73 Å². The highest BCUT2D eigenvalue weighted by molar-refractivity contribution is 5.08. The van der Waals surface area contributed by atoms with E-state index in [2.05, 4.69) is 31.7 Å². The molecule has 0 saturated carbocycles. The molecular formula is C16H28N2O. The molecule has 0 aromatic carbocycles. The first-order chi connectivity index (χ1) is 9.03. The minimum Gasteiger partial charge on any atom is -0.468 e. The van der Waals surface area contributed by atoms with E-state index in [1.165, 1.54) is 19.3 Å². The standard InChI is InChI=1S/C16H28N2O/c1-4-13(17)15(14-7-5-12-19-14)18-10-6-8-16(2,3)9-11-18/h5,7,12-13,15H,4,6,8-11,17H2,1-3H3. The molecule has 1 aromatic heterocycles. The Morgan fingerprint density at radius 1 is 1.37 bits per heavy atom. The number of hydrogen-bond donors (Lipinski definition) is 1. The summed E-state index contributed by atoms with van der Waals surface area (Å²) in [6.45, 7) is 9.15. The van der Waals surface area contributed by atoms with E-state index >= 15 is 0 Å². The third-order valence-corrected chi connectivity index (χ3v) is 4.48. The Bertz CT molecular complexity index is 372. The molecule has 2 rings (SSSR count). The van der Waals surface area contributed by atoms with Gasteiger partial charge in [-0.05, 0) is 56.3 Å². The van der Waals surface area contributed by atoms with Gasteiger partial charge in [0, 0.05) is 6.04 Å². The number of furan rings is 1. The zero-order valence-electron chi connectivity index (χ0n) is 12.6. The fourth-order valence-electron chi connectivity index (χ4n) is 3.07. The normalized spacial score (nSPS) is 23.8. The molecule has 1 aliphatic rings. The van der Waals surface area contributed by atoms with Crippen molar-refractivity contribution in [3.05, 3.63) is 24.2 Å². The van der Waals surface area contributed by atoms with Crippen molar-refractivity contribution in [2.45, 2.75) is 58.5 Å². The van der Waals surface area contributed by atoms with Gasteiger partial charge in [-0.2, -0.15) is 0 Å². The molecule has 2 heterocycles. The topological polar surface area (TPSA) is 42.4 Å². The van der Waals surface area contributed by atoms with Crippen molar-refractivity contribution in [2.75, 3.05) is 13.1 Å². The minimum absolute atomic E-state index is 0.146. The Morgan fingerprint density at radius 3 is 2.79 bits per heavy atom. The molecule has 0 aliphatic carbocycles. The van der Waals surface area contributed by atoms with Gasteiger partial charge in [0.25, 0.3) is 0 Å². The fourth-order valence-corrected chi connectivity index (χ4v) is 3.07. The number of rotatable bonds is 4. The van der Waals surface area contributed by atoms with E-state index in [9.17, 15) is 0 Å². The van der Waals surface area contributed by atoms with Gasteiger partial charge in [0.1, 0.15) is 5.76 Å². The molecular weight excluding hydrogens is 236 g/mol. The lowest BCUT2D eigenvalue weighted by Crippen LogP contribution is -2.41. The minimum atomic E-state index is 0.146. The molecule has 0 radical (unpaired) electrons. The van der Waals surface area contributed by atoms with Gasteiger partial charge in [0.2, 0.25) is 0 Å². The summed E-state index contributed by atoms with van der Waals surface area (Å²) in [5.41, 5.74) is 6.81. The lowest BCUT2D eigenvalue weighted by atomic mass is 9.85. The summed E-state index contributed by atoms with van der Waals surface area (Å²) in [6, 6.07) is 4.41. The van der Waals surface area contributed by atoms with E-state index in [1.54, 1.807) is 6.26 Å². The molecule has 0 amide bonds. The van der Waals surface area contributed by atoms with E-state index in [0.29, 0.717) is 5.41 Å². The molecule has 0 spiro atoms. The average molecular weight is 264 g/mol. The van der Waals surface area contributed by atoms with Crippen LogP contribution in [0.4, 0.5) is 0 Å². The smallest absolute Gasteiger partial charge is 0.122 e. The molecule has 108 valence electrons. The number of nitrogens with two attached hydrogens (primary N) is 1. The quantitative estimate of drug-likeness (QED) is 0.904. The first kappa shape index (κ1) is 14.6. The Balaban J connectivity index is 2.14. The van der Waals surface area contributed by atoms with Crippen LogP contribution in [0.1, 0.15) is 58.3 Å². The van der Waals surface area contributed by atoms with E-state index in [4.69, 9.17) is 10.2 Å². The van der Waals surface area contributed by atoms with Crippen LogP contribution in [0.5, 0.6) is 0 Å². The SMILES string of the molecule is CCC(N)C(c1ccco1)N1CCCC(C)(C)CC1. The maximum Gasteiger partial charge on any atom is 0.122 e. The van der Waals surface area contributed by atoms with Crippen molar-refractivity contribution in [1.82, 2.24) is 4.90 Å². The van der Waals surface area contributed by atoms with Gasteiger partial charge in [0.05, 0.1) is 12.3 Å². The summed E-state index contributed by atoms with van der Waals surface area (Å²) in [7, 11) is 0. The third-order valence-electron chi connectivity index (χ3n) is 4.48. The summed E-state index contributed by atoms with van der Waals surface area (Å²) in [6.07, 6.45) is 6.52. The highest BCUT2D eigenvalue weighted by atomic mass is 16.3. The first-order valence-corrected chi connectivity index (χ1v) is 7.56. The fraction of sp³-hybridized carbons (Fsp3) is 0.750. The van der Waals surface area contributed by atoms with E-state index in [-0.39, 0.29) is 12.1 Å². The van der Waals surface area contributed by atoms with Crippen LogP contribution in [0.3, 0.4) is 0 Å². The van der Waals surface area contributed by atoms with Crippen LogP contribution >= 0.6 is 0 Å². The van der Waals surface area contributed by atoms with Crippen LogP contribution in [-0.4, -0.2) is 24.0 Å². The van der Waals surface area contributed by atoms with Gasteiger partial charge in [-0.25, -0.2) is 0 Å². The predicted octanol–water partition coefficient (Wildman–Crippen LogP) is 3.57. The van der Waals surface area contributed by atoms with E-state index in [1.807, 2.05) is 6.07 Å². The Kier molecular flexibility index (Phi) is 4.69. The molecule has 1 aliphatic heterocycles. The van der Waals surface area contributed by atoms with Gasteiger partial charge in [-0.3, -0.25) is 4.90 Å². The molecule has 1 aromatic rings. The van der Waals surface area contributed by atoms with Crippen molar-refractivity contribution in [2.24, 2.45) is 11.1 Å². The zero-order chi connectivity index (χ0) is 13.9. The second kappa shape index (κ2) is 6.10. The van der Waals surface area contributed by atoms with Gasteiger partial charge in [-0.15, -0.1) is 0 Å². The Labute approximate surface area is 117 Å². The second-order valence-electron chi connectivity index (χ2n) is 6.59. The summed E-state index contributed by atoms with van der Waals surface area (Å²) >= 11 is 0. The molecule has 0 bridgehead atoms. The van der Waals surface area contributed by atoms with Crippen LogP contribution in [-0.2, 0) is 0 Å². The van der Waals surface area contributed by atoms with Crippen molar-refractivity contribution >= 4 is 0 Å². The van der Waals surface area contributed by atoms with E-state index in [0.717, 1.165) is 25.3 Å². The summed E-state index contributed by atoms with van der Waals surface area (Å²) in [5, 5.41) is 0. The van der Waals surface area contributed by atoms with Crippen LogP contribution in [0, 0.1) is 5.41 Å². The average Bonchev–Trinajstić information content (AvgIpc) is 2.82. The number of nitrogens with zero attached hydrogens (tertiary/aromatic N) is 1. The van der Waals surface area contributed by atoms with Gasteiger partial charge in [0.15, 0.2) is 0 Å². The maximum absolute atomic E-state index is 6.36. The van der Waals surface area contributed by atoms with E-state index < -0.39 is 0 Å². The Morgan fingerprint density at radius 2 is 2.16 bits per heavy atom. The molecule has 3 nitrogen and oxygen atoms in total. The number of hydrogen-bond acceptors (Lipinski definition) is 3. The summed E-state index contributed by atoms with van der Waals surface area (Å²) in [5.74, 6) is 1.02. The van der Waals surface area contributed by atoms with Crippen molar-refractivity contribution in [3.63, 3.8) is 0 Å². The predicted molar refractivity (Wildman–Crippen MR) is 78.9 cm³/mol. The lowest BCUT2D eigenvalue weighted by Gasteiger charge is -2.33. The highest BCUT2D eigenvalue weighted by Crippen LogP contribution is 2.34.